The van der Waals surface area contributed by atoms with Crippen LogP contribution >= 0.6 is 23.6 Å². The number of anilines is 1. The van der Waals surface area contributed by atoms with E-state index in [1.165, 1.54) is 25.0 Å². The maximum absolute atomic E-state index is 12.4. The van der Waals surface area contributed by atoms with Crippen molar-refractivity contribution >= 4 is 39.6 Å². The van der Waals surface area contributed by atoms with Crippen molar-refractivity contribution in [3.63, 3.8) is 0 Å². The molecule has 27 heavy (non-hydrogen) atoms. The van der Waals surface area contributed by atoms with Gasteiger partial charge in [0.05, 0.1) is 12.7 Å². The van der Waals surface area contributed by atoms with Gasteiger partial charge in [0.15, 0.2) is 5.11 Å². The van der Waals surface area contributed by atoms with Crippen molar-refractivity contribution in [3.05, 3.63) is 16.0 Å². The van der Waals surface area contributed by atoms with E-state index in [9.17, 15) is 4.79 Å². The van der Waals surface area contributed by atoms with Crippen LogP contribution in [0, 0.1) is 5.92 Å². The minimum atomic E-state index is -0.264. The van der Waals surface area contributed by atoms with Gasteiger partial charge in [0.25, 0.3) is 0 Å². The predicted octanol–water partition coefficient (Wildman–Crippen LogP) is 3.82. The zero-order chi connectivity index (χ0) is 19.4. The van der Waals surface area contributed by atoms with E-state index in [4.69, 9.17) is 17.0 Å². The third-order valence-electron chi connectivity index (χ3n) is 5.59. The Morgan fingerprint density at radius 1 is 1.33 bits per heavy atom. The molecule has 1 aliphatic carbocycles. The van der Waals surface area contributed by atoms with Gasteiger partial charge in [0, 0.05) is 24.0 Å². The number of thiophene rings is 1. The van der Waals surface area contributed by atoms with Gasteiger partial charge in [-0.2, -0.15) is 0 Å². The van der Waals surface area contributed by atoms with Crippen molar-refractivity contribution in [3.8, 4) is 0 Å². The summed E-state index contributed by atoms with van der Waals surface area (Å²) < 4.78 is 5.05. The molecular formula is C20H31N3O2S2. The SMILES string of the molecule is CCCN1CCC(NC(=S)Nc2sc3c(c2C(=O)OC)CCC(C)C3)CC1. The summed E-state index contributed by atoms with van der Waals surface area (Å²) in [5.41, 5.74) is 1.84. The number of piperidine rings is 1. The quantitative estimate of drug-likeness (QED) is 0.570. The molecule has 0 spiro atoms. The van der Waals surface area contributed by atoms with Crippen molar-refractivity contribution in [2.24, 2.45) is 5.92 Å². The summed E-state index contributed by atoms with van der Waals surface area (Å²) in [7, 11) is 1.45. The number of carbonyl (C=O) groups excluding carboxylic acids is 1. The van der Waals surface area contributed by atoms with Gasteiger partial charge in [-0.15, -0.1) is 11.3 Å². The van der Waals surface area contributed by atoms with E-state index in [0.717, 1.165) is 55.8 Å². The van der Waals surface area contributed by atoms with Crippen LogP contribution in [-0.2, 0) is 17.6 Å². The van der Waals surface area contributed by atoms with Gasteiger partial charge in [-0.25, -0.2) is 4.79 Å². The Morgan fingerprint density at radius 2 is 2.07 bits per heavy atom. The Labute approximate surface area is 171 Å². The number of esters is 1. The smallest absolute Gasteiger partial charge is 0.341 e. The highest BCUT2D eigenvalue weighted by atomic mass is 32.1. The largest absolute Gasteiger partial charge is 0.465 e. The number of rotatable bonds is 5. The summed E-state index contributed by atoms with van der Waals surface area (Å²) in [6.45, 7) is 7.91. The summed E-state index contributed by atoms with van der Waals surface area (Å²) in [4.78, 5) is 16.2. The van der Waals surface area contributed by atoms with Gasteiger partial charge < -0.3 is 20.3 Å². The summed E-state index contributed by atoms with van der Waals surface area (Å²) in [6, 6.07) is 0.397. The number of methoxy groups -OCH3 is 1. The number of thiocarbonyl (C=S) groups is 1. The van der Waals surface area contributed by atoms with Crippen LogP contribution in [0.5, 0.6) is 0 Å². The van der Waals surface area contributed by atoms with Crippen LogP contribution in [0.3, 0.4) is 0 Å². The molecule has 2 N–H and O–H groups in total. The molecule has 1 aliphatic heterocycles. The number of nitrogens with one attached hydrogen (secondary N) is 2. The number of carbonyl (C=O) groups is 1. The van der Waals surface area contributed by atoms with Crippen molar-refractivity contribution in [2.45, 2.75) is 58.4 Å². The van der Waals surface area contributed by atoms with E-state index >= 15 is 0 Å². The van der Waals surface area contributed by atoms with E-state index in [1.807, 2.05) is 0 Å². The number of hydrogen-bond donors (Lipinski definition) is 2. The molecule has 1 fully saturated rings. The van der Waals surface area contributed by atoms with Crippen LogP contribution in [0.2, 0.25) is 0 Å². The lowest BCUT2D eigenvalue weighted by Crippen LogP contribution is -2.46. The minimum Gasteiger partial charge on any atom is -0.465 e. The van der Waals surface area contributed by atoms with Gasteiger partial charge in [-0.3, -0.25) is 0 Å². The first-order chi connectivity index (χ1) is 13.0. The lowest BCUT2D eigenvalue weighted by molar-refractivity contribution is 0.0601. The first kappa shape index (κ1) is 20.6. The first-order valence-corrected chi connectivity index (χ1v) is 11.3. The molecule has 1 aromatic heterocycles. The highest BCUT2D eigenvalue weighted by molar-refractivity contribution is 7.80. The second-order valence-electron chi connectivity index (χ2n) is 7.76. The fraction of sp³-hybridized carbons (Fsp3) is 0.700. The zero-order valence-electron chi connectivity index (χ0n) is 16.6. The minimum absolute atomic E-state index is 0.264. The molecule has 0 radical (unpaired) electrons. The molecule has 0 bridgehead atoms. The molecular weight excluding hydrogens is 378 g/mol. The van der Waals surface area contributed by atoms with Gasteiger partial charge in [-0.05, 0) is 68.8 Å². The fourth-order valence-corrected chi connectivity index (χ4v) is 5.84. The van der Waals surface area contributed by atoms with Gasteiger partial charge in [0.1, 0.15) is 5.00 Å². The van der Waals surface area contributed by atoms with Crippen molar-refractivity contribution in [1.82, 2.24) is 10.2 Å². The average molecular weight is 410 g/mol. The zero-order valence-corrected chi connectivity index (χ0v) is 18.2. The van der Waals surface area contributed by atoms with E-state index in [-0.39, 0.29) is 5.97 Å². The number of hydrogen-bond acceptors (Lipinski definition) is 5. The van der Waals surface area contributed by atoms with Gasteiger partial charge in [0.2, 0.25) is 0 Å². The number of ether oxygens (including phenoxy) is 1. The molecule has 1 atom stereocenters. The second-order valence-corrected chi connectivity index (χ2v) is 9.28. The molecule has 5 nitrogen and oxygen atoms in total. The molecule has 2 aliphatic rings. The number of fused-ring (bicyclic) bond motifs is 1. The molecule has 0 aromatic carbocycles. The van der Waals surface area contributed by atoms with Crippen LogP contribution in [0.1, 0.15) is 60.3 Å². The molecule has 3 rings (SSSR count). The van der Waals surface area contributed by atoms with Crippen LogP contribution in [-0.4, -0.2) is 48.8 Å². The molecule has 1 aromatic rings. The first-order valence-electron chi connectivity index (χ1n) is 10.0. The lowest BCUT2D eigenvalue weighted by atomic mass is 9.88. The van der Waals surface area contributed by atoms with Crippen LogP contribution in [0.15, 0.2) is 0 Å². The Bertz CT molecular complexity index is 681. The highest BCUT2D eigenvalue weighted by Gasteiger charge is 2.29. The topological polar surface area (TPSA) is 53.6 Å². The third-order valence-corrected chi connectivity index (χ3v) is 6.98. The molecule has 150 valence electrons. The van der Waals surface area contributed by atoms with Crippen molar-refractivity contribution < 1.29 is 9.53 Å². The van der Waals surface area contributed by atoms with Crippen molar-refractivity contribution in [2.75, 3.05) is 32.1 Å². The monoisotopic (exact) mass is 409 g/mol. The maximum atomic E-state index is 12.4. The molecule has 2 heterocycles. The Morgan fingerprint density at radius 3 is 2.74 bits per heavy atom. The fourth-order valence-electron chi connectivity index (χ4n) is 4.10. The standard InChI is InChI=1S/C20H31N3O2S2/c1-4-9-23-10-7-14(8-11-23)21-20(26)22-18-17(19(24)25-3)15-6-5-13(2)12-16(15)27-18/h13-14H,4-12H2,1-3H3,(H2,21,22,26). The normalized spacial score (nSPS) is 20.8. The summed E-state index contributed by atoms with van der Waals surface area (Å²) in [5.74, 6) is 0.396. The number of nitrogens with zero attached hydrogens (tertiary/aromatic N) is 1. The second kappa shape index (κ2) is 9.34. The molecule has 1 saturated heterocycles. The highest BCUT2D eigenvalue weighted by Crippen LogP contribution is 2.40. The maximum Gasteiger partial charge on any atom is 0.341 e. The number of likely N-dealkylation sites (tertiary alicyclic amines) is 1. The molecule has 1 unspecified atom stereocenters. The molecule has 0 saturated carbocycles. The van der Waals surface area contributed by atoms with E-state index in [0.29, 0.717) is 22.6 Å². The molecule has 7 heteroatoms. The van der Waals surface area contributed by atoms with Gasteiger partial charge >= 0.3 is 5.97 Å². The van der Waals surface area contributed by atoms with E-state index in [1.54, 1.807) is 11.3 Å². The summed E-state index contributed by atoms with van der Waals surface area (Å²) in [5, 5.41) is 8.20. The van der Waals surface area contributed by atoms with Crippen LogP contribution in [0.25, 0.3) is 0 Å². The Balaban J connectivity index is 1.65. The van der Waals surface area contributed by atoms with Gasteiger partial charge in [-0.1, -0.05) is 13.8 Å². The average Bonchev–Trinajstić information content (AvgIpc) is 2.99. The van der Waals surface area contributed by atoms with Crippen LogP contribution in [0.4, 0.5) is 5.00 Å². The van der Waals surface area contributed by atoms with E-state index < -0.39 is 0 Å². The van der Waals surface area contributed by atoms with E-state index in [2.05, 4.69) is 29.4 Å². The lowest BCUT2D eigenvalue weighted by Gasteiger charge is -2.32. The van der Waals surface area contributed by atoms with Crippen LogP contribution < -0.4 is 10.6 Å². The van der Waals surface area contributed by atoms with Crippen molar-refractivity contribution in [1.29, 1.82) is 0 Å². The predicted molar refractivity (Wildman–Crippen MR) is 116 cm³/mol. The summed E-state index contributed by atoms with van der Waals surface area (Å²) in [6.07, 6.45) is 6.49. The Kier molecular flexibility index (Phi) is 7.11. The Hall–Kier alpha value is -1.18. The molecule has 0 amide bonds. The summed E-state index contributed by atoms with van der Waals surface area (Å²) >= 11 is 7.22. The third kappa shape index (κ3) is 5.00.